The lowest BCUT2D eigenvalue weighted by Gasteiger charge is -1.90. The van der Waals surface area contributed by atoms with Crippen molar-refractivity contribution in [3.05, 3.63) is 17.0 Å². The molecule has 64 valence electrons. The van der Waals surface area contributed by atoms with Crippen LogP contribution in [0.25, 0.3) is 0 Å². The number of carboxylic acid groups (broad SMARTS) is 1. The number of aromatic nitrogens is 1. The molecule has 6 nitrogen and oxygen atoms in total. The molecule has 0 fully saturated rings. The second-order valence-electron chi connectivity index (χ2n) is 2.13. The van der Waals surface area contributed by atoms with Crippen molar-refractivity contribution >= 4 is 11.9 Å². The van der Waals surface area contributed by atoms with Gasteiger partial charge < -0.3 is 15.4 Å². The number of carboxylic acids is 1. The molecule has 0 saturated carbocycles. The Morgan fingerprint density at radius 3 is 2.50 bits per heavy atom. The van der Waals surface area contributed by atoms with Gasteiger partial charge in [0.1, 0.15) is 11.3 Å². The lowest BCUT2D eigenvalue weighted by Crippen LogP contribution is -2.16. The fourth-order valence-corrected chi connectivity index (χ4v) is 0.808. The van der Waals surface area contributed by atoms with E-state index >= 15 is 0 Å². The van der Waals surface area contributed by atoms with E-state index in [1.54, 1.807) is 0 Å². The first-order valence-electron chi connectivity index (χ1n) is 3.03. The highest BCUT2D eigenvalue weighted by atomic mass is 16.5. The minimum Gasteiger partial charge on any atom is -0.476 e. The van der Waals surface area contributed by atoms with Crippen LogP contribution >= 0.6 is 0 Å². The van der Waals surface area contributed by atoms with Crippen LogP contribution in [0.15, 0.2) is 4.52 Å². The molecule has 0 unspecified atom stereocenters. The Morgan fingerprint density at radius 2 is 2.17 bits per heavy atom. The summed E-state index contributed by atoms with van der Waals surface area (Å²) in [5, 5.41) is 11.7. The first kappa shape index (κ1) is 8.25. The maximum absolute atomic E-state index is 10.7. The third-order valence-corrected chi connectivity index (χ3v) is 1.31. The van der Waals surface area contributed by atoms with Gasteiger partial charge in [0.25, 0.3) is 5.91 Å². The Bertz CT molecular complexity index is 341. The predicted molar refractivity (Wildman–Crippen MR) is 36.7 cm³/mol. The van der Waals surface area contributed by atoms with Crippen LogP contribution in [-0.2, 0) is 0 Å². The summed E-state index contributed by atoms with van der Waals surface area (Å²) in [5.74, 6) is -2.08. The zero-order valence-electron chi connectivity index (χ0n) is 6.20. The van der Waals surface area contributed by atoms with Gasteiger partial charge in [-0.25, -0.2) is 4.79 Å². The van der Waals surface area contributed by atoms with Gasteiger partial charge in [0.2, 0.25) is 5.69 Å². The molecule has 0 aliphatic heterocycles. The molecule has 0 spiro atoms. The fraction of sp³-hybridized carbons (Fsp3) is 0.167. The summed E-state index contributed by atoms with van der Waals surface area (Å²) < 4.78 is 4.49. The van der Waals surface area contributed by atoms with Crippen LogP contribution in [0.1, 0.15) is 26.6 Å². The van der Waals surface area contributed by atoms with Gasteiger partial charge in [0.15, 0.2) is 0 Å². The van der Waals surface area contributed by atoms with E-state index in [4.69, 9.17) is 10.8 Å². The number of nitrogens with two attached hydrogens (primary N) is 1. The van der Waals surface area contributed by atoms with Gasteiger partial charge in [-0.3, -0.25) is 4.79 Å². The molecule has 12 heavy (non-hydrogen) atoms. The van der Waals surface area contributed by atoms with Crippen molar-refractivity contribution in [1.82, 2.24) is 5.16 Å². The average molecular weight is 170 g/mol. The van der Waals surface area contributed by atoms with E-state index in [0.717, 1.165) is 0 Å². The number of amides is 1. The van der Waals surface area contributed by atoms with Gasteiger partial charge in [0.05, 0.1) is 0 Å². The smallest absolute Gasteiger partial charge is 0.358 e. The second-order valence-corrected chi connectivity index (χ2v) is 2.13. The Hall–Kier alpha value is -1.85. The largest absolute Gasteiger partial charge is 0.476 e. The minimum absolute atomic E-state index is 0.111. The molecule has 0 aliphatic carbocycles. The minimum atomic E-state index is -1.33. The maximum atomic E-state index is 10.7. The van der Waals surface area contributed by atoms with Crippen molar-refractivity contribution in [2.24, 2.45) is 5.73 Å². The van der Waals surface area contributed by atoms with Crippen molar-refractivity contribution in [3.8, 4) is 0 Å². The number of primary amides is 1. The van der Waals surface area contributed by atoms with Crippen LogP contribution in [0, 0.1) is 6.92 Å². The average Bonchev–Trinajstić information content (AvgIpc) is 2.30. The first-order valence-corrected chi connectivity index (χ1v) is 3.03. The van der Waals surface area contributed by atoms with Gasteiger partial charge in [-0.2, -0.15) is 0 Å². The number of carbonyl (C=O) groups is 2. The maximum Gasteiger partial charge on any atom is 0.358 e. The van der Waals surface area contributed by atoms with Crippen LogP contribution in [0.4, 0.5) is 0 Å². The van der Waals surface area contributed by atoms with Gasteiger partial charge in [-0.1, -0.05) is 5.16 Å². The lowest BCUT2D eigenvalue weighted by atomic mass is 10.2. The summed E-state index contributed by atoms with van der Waals surface area (Å²) in [5.41, 5.74) is 4.27. The lowest BCUT2D eigenvalue weighted by molar-refractivity contribution is 0.0681. The zero-order chi connectivity index (χ0) is 9.30. The molecular formula is C6H6N2O4. The van der Waals surface area contributed by atoms with E-state index in [2.05, 4.69) is 9.68 Å². The Balaban J connectivity index is 3.31. The molecule has 0 aliphatic rings. The third kappa shape index (κ3) is 1.14. The van der Waals surface area contributed by atoms with E-state index in [9.17, 15) is 9.59 Å². The highest BCUT2D eigenvalue weighted by Gasteiger charge is 2.22. The normalized spacial score (nSPS) is 9.75. The highest BCUT2D eigenvalue weighted by Crippen LogP contribution is 2.11. The number of aromatic carboxylic acids is 1. The van der Waals surface area contributed by atoms with E-state index < -0.39 is 17.6 Å². The van der Waals surface area contributed by atoms with Crippen molar-refractivity contribution in [2.45, 2.75) is 6.92 Å². The van der Waals surface area contributed by atoms with E-state index in [-0.39, 0.29) is 11.3 Å². The zero-order valence-corrected chi connectivity index (χ0v) is 6.20. The molecule has 0 radical (unpaired) electrons. The molecule has 1 aromatic heterocycles. The van der Waals surface area contributed by atoms with Gasteiger partial charge in [0, 0.05) is 0 Å². The summed E-state index contributed by atoms with van der Waals surface area (Å²) >= 11 is 0. The van der Waals surface area contributed by atoms with Crippen LogP contribution in [0.3, 0.4) is 0 Å². The number of hydrogen-bond donors (Lipinski definition) is 2. The molecule has 3 N–H and O–H groups in total. The molecule has 0 atom stereocenters. The van der Waals surface area contributed by atoms with Crippen LogP contribution < -0.4 is 5.73 Å². The number of hydrogen-bond acceptors (Lipinski definition) is 4. The van der Waals surface area contributed by atoms with Crippen molar-refractivity contribution in [3.63, 3.8) is 0 Å². The molecular weight excluding hydrogens is 164 g/mol. The number of rotatable bonds is 2. The van der Waals surface area contributed by atoms with E-state index in [0.29, 0.717) is 0 Å². The number of carbonyl (C=O) groups excluding carboxylic acids is 1. The van der Waals surface area contributed by atoms with Crippen LogP contribution in [0.2, 0.25) is 0 Å². The monoisotopic (exact) mass is 170 g/mol. The molecule has 1 rings (SSSR count). The molecule has 0 bridgehead atoms. The highest BCUT2D eigenvalue weighted by molar-refractivity contribution is 6.03. The molecule has 1 amide bonds. The van der Waals surface area contributed by atoms with E-state index in [1.807, 2.05) is 0 Å². The van der Waals surface area contributed by atoms with Gasteiger partial charge in [-0.15, -0.1) is 0 Å². The Kier molecular flexibility index (Phi) is 1.82. The van der Waals surface area contributed by atoms with Gasteiger partial charge in [-0.05, 0) is 6.92 Å². The molecule has 0 saturated heterocycles. The SMILES string of the molecule is Cc1onc(C(=O)O)c1C(N)=O. The Labute approximate surface area is 66.9 Å². The first-order chi connectivity index (χ1) is 5.54. The second kappa shape index (κ2) is 2.65. The summed E-state index contributed by atoms with van der Waals surface area (Å²) in [4.78, 5) is 21.1. The topological polar surface area (TPSA) is 106 Å². The van der Waals surface area contributed by atoms with Crippen LogP contribution in [-0.4, -0.2) is 22.1 Å². The molecule has 1 aromatic rings. The van der Waals surface area contributed by atoms with Crippen molar-refractivity contribution in [1.29, 1.82) is 0 Å². The third-order valence-electron chi connectivity index (χ3n) is 1.31. The van der Waals surface area contributed by atoms with E-state index in [1.165, 1.54) is 6.92 Å². The molecule has 6 heteroatoms. The summed E-state index contributed by atoms with van der Waals surface area (Å²) in [7, 11) is 0. The number of aryl methyl sites for hydroxylation is 1. The van der Waals surface area contributed by atoms with Crippen molar-refractivity contribution < 1.29 is 19.2 Å². The van der Waals surface area contributed by atoms with Crippen molar-refractivity contribution in [2.75, 3.05) is 0 Å². The van der Waals surface area contributed by atoms with Crippen LogP contribution in [0.5, 0.6) is 0 Å². The quantitative estimate of drug-likeness (QED) is 0.638. The van der Waals surface area contributed by atoms with Gasteiger partial charge >= 0.3 is 5.97 Å². The summed E-state index contributed by atoms with van der Waals surface area (Å²) in [6, 6.07) is 0. The number of nitrogens with zero attached hydrogens (tertiary/aromatic N) is 1. The summed E-state index contributed by atoms with van der Waals surface area (Å²) in [6.07, 6.45) is 0. The fourth-order valence-electron chi connectivity index (χ4n) is 0.808. The standard InChI is InChI=1S/C6H6N2O4/c1-2-3(5(7)9)4(6(10)11)8-12-2/h1H3,(H2,7,9)(H,10,11). The Morgan fingerprint density at radius 1 is 1.58 bits per heavy atom. The predicted octanol–water partition coefficient (Wildman–Crippen LogP) is -0.220. The molecule has 0 aromatic carbocycles. The molecule has 1 heterocycles. The summed E-state index contributed by atoms with van der Waals surface area (Å²) in [6.45, 7) is 1.42.